The van der Waals surface area contributed by atoms with Gasteiger partial charge in [-0.1, -0.05) is 24.6 Å². The Morgan fingerprint density at radius 2 is 2.06 bits per heavy atom. The third-order valence-corrected chi connectivity index (χ3v) is 4.86. The van der Waals surface area contributed by atoms with Crippen LogP contribution in [0.3, 0.4) is 0 Å². The first kappa shape index (κ1) is 12.8. The maximum absolute atomic E-state index is 9.99. The van der Waals surface area contributed by atoms with Gasteiger partial charge in [0.05, 0.1) is 6.10 Å². The first-order valence-corrected chi connectivity index (χ1v) is 6.57. The molecule has 0 radical (unpaired) electrons. The Bertz CT molecular complexity index is 369. The van der Waals surface area contributed by atoms with E-state index in [2.05, 4.69) is 20.4 Å². The molecule has 0 aliphatic heterocycles. The Morgan fingerprint density at radius 1 is 1.41 bits per heavy atom. The van der Waals surface area contributed by atoms with E-state index in [0.29, 0.717) is 12.3 Å². The second-order valence-corrected chi connectivity index (χ2v) is 6.22. The van der Waals surface area contributed by atoms with Gasteiger partial charge in [-0.15, -0.1) is 0 Å². The van der Waals surface area contributed by atoms with Crippen LogP contribution in [-0.4, -0.2) is 22.4 Å². The number of hydrogen-bond donors (Lipinski definition) is 2. The monoisotopic (exact) mass is 236 g/mol. The van der Waals surface area contributed by atoms with Crippen molar-refractivity contribution in [2.24, 2.45) is 11.3 Å². The molecule has 0 amide bonds. The van der Waals surface area contributed by atoms with Crippen LogP contribution < -0.4 is 0 Å². The lowest BCUT2D eigenvalue weighted by Gasteiger charge is -2.47. The Balaban J connectivity index is 2.34. The highest BCUT2D eigenvalue weighted by Crippen LogP contribution is 2.52. The van der Waals surface area contributed by atoms with Crippen LogP contribution in [0.1, 0.15) is 46.5 Å². The molecule has 0 heterocycles. The summed E-state index contributed by atoms with van der Waals surface area (Å²) in [5.74, 6) is 0.551. The number of hydrogen-bond acceptors (Lipinski definition) is 2. The quantitative estimate of drug-likeness (QED) is 0.687. The molecule has 2 aliphatic rings. The second-order valence-electron chi connectivity index (χ2n) is 6.22. The van der Waals surface area contributed by atoms with Crippen molar-refractivity contribution in [2.45, 2.75) is 58.7 Å². The van der Waals surface area contributed by atoms with E-state index in [0.717, 1.165) is 24.8 Å². The highest BCUT2D eigenvalue weighted by molar-refractivity contribution is 5.31. The van der Waals surface area contributed by atoms with Gasteiger partial charge >= 0.3 is 0 Å². The van der Waals surface area contributed by atoms with Crippen LogP contribution in [0.15, 0.2) is 23.3 Å². The highest BCUT2D eigenvalue weighted by atomic mass is 16.3. The summed E-state index contributed by atoms with van der Waals surface area (Å²) in [7, 11) is 0. The average Bonchev–Trinajstić information content (AvgIpc) is 2.25. The fourth-order valence-corrected chi connectivity index (χ4v) is 3.56. The van der Waals surface area contributed by atoms with Gasteiger partial charge < -0.3 is 10.2 Å². The fourth-order valence-electron chi connectivity index (χ4n) is 3.56. The standard InChI is InChI=1S/C15H24O2/c1-9(2)11-5-6-15(4)8-13(16)14(17)10(3)12(15)7-11/h11,13-14,16-17H,1,5-8H2,2-4H3. The Kier molecular flexibility index (Phi) is 3.21. The smallest absolute Gasteiger partial charge is 0.101 e. The Labute approximate surface area is 104 Å². The molecule has 2 aliphatic carbocycles. The first-order valence-electron chi connectivity index (χ1n) is 6.57. The molecule has 17 heavy (non-hydrogen) atoms. The van der Waals surface area contributed by atoms with Crippen molar-refractivity contribution >= 4 is 0 Å². The van der Waals surface area contributed by atoms with E-state index in [1.54, 1.807) is 0 Å². The van der Waals surface area contributed by atoms with E-state index < -0.39 is 12.2 Å². The summed E-state index contributed by atoms with van der Waals surface area (Å²) in [5, 5.41) is 19.9. The second kappa shape index (κ2) is 4.25. The van der Waals surface area contributed by atoms with Gasteiger partial charge in [-0.2, -0.15) is 0 Å². The third kappa shape index (κ3) is 2.09. The van der Waals surface area contributed by atoms with Crippen molar-refractivity contribution < 1.29 is 10.2 Å². The van der Waals surface area contributed by atoms with Crippen LogP contribution in [-0.2, 0) is 0 Å². The molecule has 4 atom stereocenters. The molecule has 4 unspecified atom stereocenters. The van der Waals surface area contributed by atoms with Crippen LogP contribution in [0.5, 0.6) is 0 Å². The molecule has 0 aromatic heterocycles. The van der Waals surface area contributed by atoms with Gasteiger partial charge in [-0.3, -0.25) is 0 Å². The van der Waals surface area contributed by atoms with Crippen LogP contribution in [0, 0.1) is 11.3 Å². The van der Waals surface area contributed by atoms with Crippen LogP contribution >= 0.6 is 0 Å². The topological polar surface area (TPSA) is 40.5 Å². The van der Waals surface area contributed by atoms with E-state index in [-0.39, 0.29) is 5.41 Å². The molecule has 2 heteroatoms. The summed E-state index contributed by atoms with van der Waals surface area (Å²) >= 11 is 0. The Morgan fingerprint density at radius 3 is 2.65 bits per heavy atom. The summed E-state index contributed by atoms with van der Waals surface area (Å²) in [6.07, 6.45) is 2.71. The van der Waals surface area contributed by atoms with Gasteiger partial charge in [0.15, 0.2) is 0 Å². The number of aliphatic hydroxyl groups excluding tert-OH is 2. The minimum absolute atomic E-state index is 0.0919. The van der Waals surface area contributed by atoms with Crippen molar-refractivity contribution in [1.29, 1.82) is 0 Å². The summed E-state index contributed by atoms with van der Waals surface area (Å²) in [6.45, 7) is 10.4. The van der Waals surface area contributed by atoms with Gasteiger partial charge in [-0.25, -0.2) is 0 Å². The van der Waals surface area contributed by atoms with Gasteiger partial charge in [0.1, 0.15) is 6.10 Å². The molecule has 1 saturated carbocycles. The minimum Gasteiger partial charge on any atom is -0.390 e. The van der Waals surface area contributed by atoms with E-state index in [1.165, 1.54) is 11.1 Å². The van der Waals surface area contributed by atoms with E-state index in [9.17, 15) is 10.2 Å². The van der Waals surface area contributed by atoms with Crippen molar-refractivity contribution in [3.8, 4) is 0 Å². The molecule has 0 spiro atoms. The predicted octanol–water partition coefficient (Wildman–Crippen LogP) is 2.81. The molecule has 0 aromatic rings. The van der Waals surface area contributed by atoms with Crippen molar-refractivity contribution in [1.82, 2.24) is 0 Å². The third-order valence-electron chi connectivity index (χ3n) is 4.86. The summed E-state index contributed by atoms with van der Waals surface area (Å²) in [6, 6.07) is 0. The first-order chi connectivity index (χ1) is 7.85. The van der Waals surface area contributed by atoms with Crippen molar-refractivity contribution in [3.05, 3.63) is 23.3 Å². The van der Waals surface area contributed by atoms with Crippen molar-refractivity contribution in [3.63, 3.8) is 0 Å². The molecule has 1 fully saturated rings. The zero-order chi connectivity index (χ0) is 12.8. The zero-order valence-corrected chi connectivity index (χ0v) is 11.2. The lowest BCUT2D eigenvalue weighted by atomic mass is 9.60. The molecular formula is C15H24O2. The molecule has 2 rings (SSSR count). The fraction of sp³-hybridized carbons (Fsp3) is 0.733. The molecule has 0 saturated heterocycles. The summed E-state index contributed by atoms with van der Waals surface area (Å²) in [4.78, 5) is 0. The van der Waals surface area contributed by atoms with Gasteiger partial charge in [0, 0.05) is 0 Å². The minimum atomic E-state index is -0.665. The van der Waals surface area contributed by atoms with Crippen LogP contribution in [0.2, 0.25) is 0 Å². The van der Waals surface area contributed by atoms with Gasteiger partial charge in [0.25, 0.3) is 0 Å². The molecule has 96 valence electrons. The number of aliphatic hydroxyl groups is 2. The van der Waals surface area contributed by atoms with E-state index in [1.807, 2.05) is 6.92 Å². The average molecular weight is 236 g/mol. The van der Waals surface area contributed by atoms with Crippen molar-refractivity contribution in [2.75, 3.05) is 0 Å². The number of rotatable bonds is 1. The van der Waals surface area contributed by atoms with Gasteiger partial charge in [-0.05, 0) is 56.4 Å². The summed E-state index contributed by atoms with van der Waals surface area (Å²) in [5.41, 5.74) is 3.70. The lowest BCUT2D eigenvalue weighted by Crippen LogP contribution is -2.43. The zero-order valence-electron chi connectivity index (χ0n) is 11.2. The lowest BCUT2D eigenvalue weighted by molar-refractivity contribution is -0.00592. The van der Waals surface area contributed by atoms with E-state index >= 15 is 0 Å². The molecule has 0 aromatic carbocycles. The predicted molar refractivity (Wildman–Crippen MR) is 69.6 cm³/mol. The molecule has 0 bridgehead atoms. The van der Waals surface area contributed by atoms with E-state index in [4.69, 9.17) is 0 Å². The maximum Gasteiger partial charge on any atom is 0.101 e. The highest BCUT2D eigenvalue weighted by Gasteiger charge is 2.43. The maximum atomic E-state index is 9.99. The van der Waals surface area contributed by atoms with Gasteiger partial charge in [0.2, 0.25) is 0 Å². The van der Waals surface area contributed by atoms with Crippen LogP contribution in [0.25, 0.3) is 0 Å². The largest absolute Gasteiger partial charge is 0.390 e. The Hall–Kier alpha value is -0.600. The normalized spacial score (nSPS) is 42.3. The van der Waals surface area contributed by atoms with Crippen LogP contribution in [0.4, 0.5) is 0 Å². The SMILES string of the molecule is C=C(C)C1CCC2(C)CC(O)C(O)C(C)=C2C1. The number of fused-ring (bicyclic) bond motifs is 1. The molecule has 2 nitrogen and oxygen atoms in total. The molecular weight excluding hydrogens is 212 g/mol. The molecule has 2 N–H and O–H groups in total. The summed E-state index contributed by atoms with van der Waals surface area (Å²) < 4.78 is 0. The number of allylic oxidation sites excluding steroid dienone is 2.